The lowest BCUT2D eigenvalue weighted by molar-refractivity contribution is -0.0244. The van der Waals surface area contributed by atoms with E-state index in [1.54, 1.807) is 0 Å². The Hall–Kier alpha value is -0.120. The molecule has 0 aromatic carbocycles. The summed E-state index contributed by atoms with van der Waals surface area (Å²) in [7, 11) is 0. The number of rotatable bonds is 2. The van der Waals surface area contributed by atoms with Crippen molar-refractivity contribution in [1.82, 2.24) is 10.2 Å². The molecule has 3 aliphatic rings. The Kier molecular flexibility index (Phi) is 3.69. The van der Waals surface area contributed by atoms with Crippen molar-refractivity contribution >= 4 is 0 Å². The van der Waals surface area contributed by atoms with Crippen LogP contribution in [0.25, 0.3) is 0 Å². The summed E-state index contributed by atoms with van der Waals surface area (Å²) in [5.41, 5.74) is 0. The Bertz CT molecular complexity index is 245. The number of ether oxygens (including phenoxy) is 1. The topological polar surface area (TPSA) is 24.5 Å². The van der Waals surface area contributed by atoms with Gasteiger partial charge in [0.2, 0.25) is 0 Å². The van der Waals surface area contributed by atoms with Crippen molar-refractivity contribution in [3.8, 4) is 0 Å². The van der Waals surface area contributed by atoms with Crippen LogP contribution in [-0.4, -0.2) is 49.3 Å². The fourth-order valence-electron chi connectivity index (χ4n) is 3.85. The molecule has 17 heavy (non-hydrogen) atoms. The maximum Gasteiger partial charge on any atom is 0.0587 e. The van der Waals surface area contributed by atoms with Crippen LogP contribution in [0.5, 0.6) is 0 Å². The molecule has 0 aromatic rings. The summed E-state index contributed by atoms with van der Waals surface area (Å²) < 4.78 is 5.79. The summed E-state index contributed by atoms with van der Waals surface area (Å²) >= 11 is 0. The zero-order valence-electron chi connectivity index (χ0n) is 11.0. The minimum absolute atomic E-state index is 0.518. The fourth-order valence-corrected chi connectivity index (χ4v) is 3.85. The van der Waals surface area contributed by atoms with Gasteiger partial charge in [-0.3, -0.25) is 4.90 Å². The van der Waals surface area contributed by atoms with Gasteiger partial charge in [0.05, 0.1) is 6.10 Å². The van der Waals surface area contributed by atoms with Gasteiger partial charge in [-0.05, 0) is 44.6 Å². The second kappa shape index (κ2) is 5.25. The summed E-state index contributed by atoms with van der Waals surface area (Å²) in [6, 6.07) is 1.58. The highest BCUT2D eigenvalue weighted by molar-refractivity contribution is 4.95. The molecule has 0 bridgehead atoms. The molecule has 1 N–H and O–H groups in total. The third-order valence-corrected chi connectivity index (χ3v) is 4.94. The highest BCUT2D eigenvalue weighted by Crippen LogP contribution is 2.30. The van der Waals surface area contributed by atoms with Crippen LogP contribution in [0.1, 0.15) is 39.0 Å². The Morgan fingerprint density at radius 2 is 2.24 bits per heavy atom. The minimum atomic E-state index is 0.518. The first kappa shape index (κ1) is 11.9. The molecule has 3 nitrogen and oxygen atoms in total. The second-order valence-corrected chi connectivity index (χ2v) is 6.00. The van der Waals surface area contributed by atoms with E-state index in [2.05, 4.69) is 17.1 Å². The van der Waals surface area contributed by atoms with E-state index < -0.39 is 0 Å². The predicted octanol–water partition coefficient (Wildman–Crippen LogP) is 1.63. The molecule has 4 atom stereocenters. The molecule has 3 heteroatoms. The van der Waals surface area contributed by atoms with E-state index in [9.17, 15) is 0 Å². The van der Waals surface area contributed by atoms with Crippen molar-refractivity contribution in [3.63, 3.8) is 0 Å². The number of fused-ring (bicyclic) bond motifs is 1. The maximum atomic E-state index is 5.79. The molecule has 3 rings (SSSR count). The molecule has 3 heterocycles. The zero-order valence-corrected chi connectivity index (χ0v) is 11.0. The third kappa shape index (κ3) is 2.51. The van der Waals surface area contributed by atoms with Gasteiger partial charge in [-0.1, -0.05) is 6.92 Å². The van der Waals surface area contributed by atoms with Gasteiger partial charge < -0.3 is 10.1 Å². The largest absolute Gasteiger partial charge is 0.378 e. The molecule has 0 aromatic heterocycles. The lowest BCUT2D eigenvalue weighted by Gasteiger charge is -2.35. The number of nitrogens with zero attached hydrogens (tertiary/aromatic N) is 1. The molecule has 3 aliphatic heterocycles. The Balaban J connectivity index is 1.57. The molecular formula is C14H26N2O. The monoisotopic (exact) mass is 238 g/mol. The van der Waals surface area contributed by atoms with E-state index in [4.69, 9.17) is 4.74 Å². The van der Waals surface area contributed by atoms with E-state index in [0.29, 0.717) is 6.10 Å². The van der Waals surface area contributed by atoms with Crippen molar-refractivity contribution in [3.05, 3.63) is 0 Å². The lowest BCUT2D eigenvalue weighted by Crippen LogP contribution is -2.43. The fraction of sp³-hybridized carbons (Fsp3) is 1.00. The quantitative estimate of drug-likeness (QED) is 0.791. The molecule has 98 valence electrons. The van der Waals surface area contributed by atoms with Crippen molar-refractivity contribution in [2.24, 2.45) is 5.92 Å². The average molecular weight is 238 g/mol. The van der Waals surface area contributed by atoms with Crippen LogP contribution in [0.15, 0.2) is 0 Å². The predicted molar refractivity (Wildman–Crippen MR) is 69.1 cm³/mol. The lowest BCUT2D eigenvalue weighted by atomic mass is 9.94. The van der Waals surface area contributed by atoms with Crippen molar-refractivity contribution in [1.29, 1.82) is 0 Å². The number of hydrogen-bond donors (Lipinski definition) is 1. The Labute approximate surface area is 105 Å². The normalized spacial score (nSPS) is 43.6. The van der Waals surface area contributed by atoms with Gasteiger partial charge in [0.25, 0.3) is 0 Å². The van der Waals surface area contributed by atoms with Crippen LogP contribution in [-0.2, 0) is 4.74 Å². The smallest absolute Gasteiger partial charge is 0.0587 e. The summed E-state index contributed by atoms with van der Waals surface area (Å²) in [5.74, 6) is 0.923. The molecular weight excluding hydrogens is 212 g/mol. The van der Waals surface area contributed by atoms with Gasteiger partial charge >= 0.3 is 0 Å². The third-order valence-electron chi connectivity index (χ3n) is 4.94. The van der Waals surface area contributed by atoms with Crippen LogP contribution in [0.2, 0.25) is 0 Å². The van der Waals surface area contributed by atoms with Crippen molar-refractivity contribution in [2.75, 3.05) is 26.2 Å². The van der Waals surface area contributed by atoms with Crippen LogP contribution in [0, 0.1) is 5.92 Å². The molecule has 2 unspecified atom stereocenters. The first-order chi connectivity index (χ1) is 8.36. The number of nitrogens with one attached hydrogen (secondary N) is 1. The summed E-state index contributed by atoms with van der Waals surface area (Å²) in [4.78, 5) is 2.75. The SMILES string of the molecule is CCC1CC(N2C[C@@H]3CCCN[C@@H]3C2)CCO1. The molecule has 0 saturated carbocycles. The van der Waals surface area contributed by atoms with Gasteiger partial charge in [0, 0.05) is 31.8 Å². The number of likely N-dealkylation sites (tertiary alicyclic amines) is 1. The molecule has 0 amide bonds. The number of hydrogen-bond acceptors (Lipinski definition) is 3. The van der Waals surface area contributed by atoms with Crippen molar-refractivity contribution < 1.29 is 4.74 Å². The van der Waals surface area contributed by atoms with E-state index in [-0.39, 0.29) is 0 Å². The van der Waals surface area contributed by atoms with E-state index in [1.807, 2.05) is 0 Å². The van der Waals surface area contributed by atoms with E-state index in [1.165, 1.54) is 51.7 Å². The van der Waals surface area contributed by atoms with Gasteiger partial charge in [-0.15, -0.1) is 0 Å². The van der Waals surface area contributed by atoms with Crippen molar-refractivity contribution in [2.45, 2.75) is 57.2 Å². The summed E-state index contributed by atoms with van der Waals surface area (Å²) in [6.07, 6.45) is 7.01. The molecule has 0 aliphatic carbocycles. The van der Waals surface area contributed by atoms with Gasteiger partial charge in [-0.2, -0.15) is 0 Å². The maximum absolute atomic E-state index is 5.79. The molecule has 0 spiro atoms. The van der Waals surface area contributed by atoms with Crippen LogP contribution in [0.3, 0.4) is 0 Å². The molecule has 3 saturated heterocycles. The van der Waals surface area contributed by atoms with Crippen LogP contribution >= 0.6 is 0 Å². The number of piperidine rings is 1. The van der Waals surface area contributed by atoms with E-state index in [0.717, 1.165) is 24.6 Å². The first-order valence-electron chi connectivity index (χ1n) is 7.46. The molecule has 3 fully saturated rings. The first-order valence-corrected chi connectivity index (χ1v) is 7.46. The zero-order chi connectivity index (χ0) is 11.7. The summed E-state index contributed by atoms with van der Waals surface area (Å²) in [6.45, 7) is 7.08. The van der Waals surface area contributed by atoms with Crippen LogP contribution < -0.4 is 5.32 Å². The minimum Gasteiger partial charge on any atom is -0.378 e. The summed E-state index contributed by atoms with van der Waals surface area (Å²) in [5, 5.41) is 3.70. The Morgan fingerprint density at radius 1 is 1.29 bits per heavy atom. The highest BCUT2D eigenvalue weighted by Gasteiger charge is 2.38. The highest BCUT2D eigenvalue weighted by atomic mass is 16.5. The standard InChI is InChI=1S/C14H26N2O/c1-2-13-8-12(5-7-17-13)16-9-11-4-3-6-15-14(11)10-16/h11-15H,2-10H2,1H3/t11-,12?,13?,14+/m0/s1. The van der Waals surface area contributed by atoms with Gasteiger partial charge in [0.1, 0.15) is 0 Å². The van der Waals surface area contributed by atoms with Gasteiger partial charge in [-0.25, -0.2) is 0 Å². The van der Waals surface area contributed by atoms with Crippen LogP contribution in [0.4, 0.5) is 0 Å². The second-order valence-electron chi connectivity index (χ2n) is 6.00. The Morgan fingerprint density at radius 3 is 3.06 bits per heavy atom. The average Bonchev–Trinajstić information content (AvgIpc) is 2.82. The van der Waals surface area contributed by atoms with E-state index >= 15 is 0 Å². The van der Waals surface area contributed by atoms with Gasteiger partial charge in [0.15, 0.2) is 0 Å². The molecule has 0 radical (unpaired) electrons.